The Morgan fingerprint density at radius 2 is 2.00 bits per heavy atom. The molecule has 0 amide bonds. The molecule has 2 unspecified atom stereocenters. The van der Waals surface area contributed by atoms with Crippen molar-refractivity contribution in [2.24, 2.45) is 21.7 Å². The summed E-state index contributed by atoms with van der Waals surface area (Å²) in [4.78, 5) is 0. The molecule has 0 heterocycles. The molecule has 17 heavy (non-hydrogen) atoms. The van der Waals surface area contributed by atoms with E-state index in [1.165, 1.54) is 0 Å². The van der Waals surface area contributed by atoms with E-state index in [-0.39, 0.29) is 16.6 Å². The summed E-state index contributed by atoms with van der Waals surface area (Å²) in [5, 5.41) is 7.21. The van der Waals surface area contributed by atoms with Crippen molar-refractivity contribution < 1.29 is 0 Å². The molecule has 4 nitrogen and oxygen atoms in total. The number of guanidine groups is 1. The minimum Gasteiger partial charge on any atom is -0.369 e. The van der Waals surface area contributed by atoms with Gasteiger partial charge in [0, 0.05) is 6.21 Å². The minimum absolute atomic E-state index is 0.0159. The number of hydrogen-bond acceptors (Lipinski definition) is 3. The lowest BCUT2D eigenvalue weighted by atomic mass is 10.1. The van der Waals surface area contributed by atoms with E-state index in [9.17, 15) is 0 Å². The highest BCUT2D eigenvalue weighted by Gasteiger charge is 2.18. The molecule has 0 aliphatic heterocycles. The molecule has 2 atom stereocenters. The predicted molar refractivity (Wildman–Crippen MR) is 76.6 cm³/mol. The third-order valence-electron chi connectivity index (χ3n) is 2.07. The highest BCUT2D eigenvalue weighted by molar-refractivity contribution is 7.99. The molecule has 1 aromatic rings. The largest absolute Gasteiger partial charge is 0.369 e. The number of nitrogens with two attached hydrogens (primary N) is 2. The molecule has 0 aromatic heterocycles. The molecule has 0 radical (unpaired) electrons. The third kappa shape index (κ3) is 4.66. The van der Waals surface area contributed by atoms with E-state index in [0.717, 1.165) is 5.56 Å². The normalized spacial score (nSPS) is 14.5. The highest BCUT2D eigenvalue weighted by Crippen LogP contribution is 2.29. The molecule has 4 N–H and O–H groups in total. The zero-order valence-corrected chi connectivity index (χ0v) is 11.0. The third-order valence-corrected chi connectivity index (χ3v) is 3.68. The fourth-order valence-electron chi connectivity index (χ4n) is 1.25. The second kappa shape index (κ2) is 7.19. The van der Waals surface area contributed by atoms with Crippen molar-refractivity contribution >= 4 is 35.5 Å². The number of thioether (sulfide) groups is 1. The Labute approximate surface area is 110 Å². The predicted octanol–water partition coefficient (Wildman–Crippen LogP) is 1.96. The van der Waals surface area contributed by atoms with E-state index >= 15 is 0 Å². The Kier molecular flexibility index (Phi) is 5.86. The summed E-state index contributed by atoms with van der Waals surface area (Å²) >= 11 is 7.96. The van der Waals surface area contributed by atoms with Crippen LogP contribution in [-0.4, -0.2) is 23.7 Å². The van der Waals surface area contributed by atoms with Crippen LogP contribution in [0.1, 0.15) is 10.9 Å². The number of benzene rings is 1. The summed E-state index contributed by atoms with van der Waals surface area (Å²) in [5.74, 6) is -0.0630. The number of nitrogens with zero attached hydrogens (tertiary/aromatic N) is 2. The van der Waals surface area contributed by atoms with Gasteiger partial charge in [0.15, 0.2) is 0 Å². The molecular weight excluding hydrogens is 256 g/mol. The lowest BCUT2D eigenvalue weighted by molar-refractivity contribution is 1.01. The maximum absolute atomic E-state index is 6.36. The number of hydrogen-bond donors (Lipinski definition) is 2. The van der Waals surface area contributed by atoms with Gasteiger partial charge < -0.3 is 11.5 Å². The Bertz CT molecular complexity index is 390. The molecule has 0 aliphatic carbocycles. The van der Waals surface area contributed by atoms with Gasteiger partial charge >= 0.3 is 0 Å². The smallest absolute Gasteiger partial charge is 0.211 e. The summed E-state index contributed by atoms with van der Waals surface area (Å²) in [7, 11) is 0. The Morgan fingerprint density at radius 1 is 1.35 bits per heavy atom. The van der Waals surface area contributed by atoms with Gasteiger partial charge in [-0.1, -0.05) is 30.3 Å². The second-order valence-corrected chi connectivity index (χ2v) is 4.79. The summed E-state index contributed by atoms with van der Waals surface area (Å²) in [6, 6.07) is 9.82. The average Bonchev–Trinajstić information content (AvgIpc) is 2.34. The zero-order chi connectivity index (χ0) is 12.7. The van der Waals surface area contributed by atoms with Gasteiger partial charge in [-0.25, -0.2) is 0 Å². The Balaban J connectivity index is 2.74. The first-order chi connectivity index (χ1) is 8.15. The van der Waals surface area contributed by atoms with Crippen molar-refractivity contribution in [1.82, 2.24) is 0 Å². The van der Waals surface area contributed by atoms with E-state index < -0.39 is 0 Å². The van der Waals surface area contributed by atoms with Crippen LogP contribution in [0, 0.1) is 0 Å². The van der Waals surface area contributed by atoms with Gasteiger partial charge in [0.1, 0.15) is 0 Å². The molecule has 6 heteroatoms. The van der Waals surface area contributed by atoms with E-state index in [0.29, 0.717) is 0 Å². The average molecular weight is 271 g/mol. The minimum atomic E-state index is -0.163. The first-order valence-corrected chi connectivity index (χ1v) is 6.71. The van der Waals surface area contributed by atoms with Crippen molar-refractivity contribution in [3.05, 3.63) is 35.9 Å². The Morgan fingerprint density at radius 3 is 2.53 bits per heavy atom. The van der Waals surface area contributed by atoms with Gasteiger partial charge in [-0.15, -0.1) is 16.7 Å². The van der Waals surface area contributed by atoms with E-state index in [1.807, 2.05) is 36.6 Å². The summed E-state index contributed by atoms with van der Waals surface area (Å²) in [6.45, 7) is 0. The van der Waals surface area contributed by atoms with Gasteiger partial charge in [-0.3, -0.25) is 0 Å². The molecule has 0 spiro atoms. The lowest BCUT2D eigenvalue weighted by Gasteiger charge is -2.15. The quantitative estimate of drug-likeness (QED) is 0.372. The summed E-state index contributed by atoms with van der Waals surface area (Å²) in [6.07, 6.45) is 3.61. The van der Waals surface area contributed by atoms with Crippen LogP contribution >= 0.6 is 23.4 Å². The maximum atomic E-state index is 6.36. The standard InChI is InChI=1S/C11H15ClN4S/c1-17-9(7-15-16-11(13)14)10(12)8-5-3-2-4-6-8/h2-7,9-10H,1H3,(H4,13,14,16). The molecule has 0 saturated heterocycles. The molecule has 0 aliphatic rings. The van der Waals surface area contributed by atoms with Crippen molar-refractivity contribution in [2.75, 3.05) is 6.26 Å². The van der Waals surface area contributed by atoms with Crippen LogP contribution in [0.4, 0.5) is 0 Å². The molecular formula is C11H15ClN4S. The van der Waals surface area contributed by atoms with Crippen molar-refractivity contribution in [1.29, 1.82) is 0 Å². The lowest BCUT2D eigenvalue weighted by Crippen LogP contribution is -2.22. The molecule has 0 bridgehead atoms. The highest BCUT2D eigenvalue weighted by atomic mass is 35.5. The van der Waals surface area contributed by atoms with Crippen LogP contribution in [0.2, 0.25) is 0 Å². The zero-order valence-electron chi connectivity index (χ0n) is 9.45. The monoisotopic (exact) mass is 270 g/mol. The van der Waals surface area contributed by atoms with E-state index in [4.69, 9.17) is 23.1 Å². The molecule has 1 aromatic carbocycles. The summed E-state index contributed by atoms with van der Waals surface area (Å²) in [5.41, 5.74) is 11.4. The van der Waals surface area contributed by atoms with E-state index in [2.05, 4.69) is 10.2 Å². The van der Waals surface area contributed by atoms with E-state index in [1.54, 1.807) is 18.0 Å². The number of rotatable bonds is 5. The van der Waals surface area contributed by atoms with Crippen LogP contribution in [0.15, 0.2) is 40.5 Å². The fourth-order valence-corrected chi connectivity index (χ4v) is 2.34. The van der Waals surface area contributed by atoms with Gasteiger partial charge in [0.2, 0.25) is 5.96 Å². The second-order valence-electron chi connectivity index (χ2n) is 3.30. The van der Waals surface area contributed by atoms with Crippen LogP contribution in [-0.2, 0) is 0 Å². The van der Waals surface area contributed by atoms with Crippen molar-refractivity contribution in [3.8, 4) is 0 Å². The molecule has 0 fully saturated rings. The van der Waals surface area contributed by atoms with Crippen LogP contribution in [0.3, 0.4) is 0 Å². The number of alkyl halides is 1. The first kappa shape index (κ1) is 13.9. The molecule has 0 saturated carbocycles. The van der Waals surface area contributed by atoms with Gasteiger partial charge in [0.05, 0.1) is 10.6 Å². The molecule has 1 rings (SSSR count). The van der Waals surface area contributed by atoms with Crippen LogP contribution in [0.25, 0.3) is 0 Å². The van der Waals surface area contributed by atoms with Crippen LogP contribution < -0.4 is 11.5 Å². The summed E-state index contributed by atoms with van der Waals surface area (Å²) < 4.78 is 0. The first-order valence-electron chi connectivity index (χ1n) is 4.99. The fraction of sp³-hybridized carbons (Fsp3) is 0.273. The SMILES string of the molecule is CSC(C=NN=C(N)N)C(Cl)c1ccccc1. The van der Waals surface area contributed by atoms with Crippen molar-refractivity contribution in [2.45, 2.75) is 10.6 Å². The van der Waals surface area contributed by atoms with Crippen molar-refractivity contribution in [3.63, 3.8) is 0 Å². The maximum Gasteiger partial charge on any atom is 0.211 e. The van der Waals surface area contributed by atoms with Gasteiger partial charge in [0.25, 0.3) is 0 Å². The van der Waals surface area contributed by atoms with Gasteiger partial charge in [-0.2, -0.15) is 16.9 Å². The van der Waals surface area contributed by atoms with Crippen LogP contribution in [0.5, 0.6) is 0 Å². The molecule has 92 valence electrons. The van der Waals surface area contributed by atoms with Gasteiger partial charge in [-0.05, 0) is 11.8 Å². The number of halogens is 1. The Hall–Kier alpha value is -1.20. The topological polar surface area (TPSA) is 76.8 Å².